The molecule has 0 amide bonds. The fourth-order valence-corrected chi connectivity index (χ4v) is 1.34. The van der Waals surface area contributed by atoms with Crippen molar-refractivity contribution in [2.24, 2.45) is 5.73 Å². The molecule has 11 heavy (non-hydrogen) atoms. The lowest BCUT2D eigenvalue weighted by atomic mass is 10.3. The zero-order chi connectivity index (χ0) is 8.85. The predicted octanol–water partition coefficient (Wildman–Crippen LogP) is 0.225. The van der Waals surface area contributed by atoms with E-state index in [0.717, 1.165) is 0 Å². The second kappa shape index (κ2) is 5.32. The van der Waals surface area contributed by atoms with E-state index < -0.39 is 6.04 Å². The normalized spacial score (nSPS) is 12.6. The molecule has 0 spiro atoms. The molecule has 0 aromatic heterocycles. The summed E-state index contributed by atoms with van der Waals surface area (Å²) in [5.41, 5.74) is 5.42. The van der Waals surface area contributed by atoms with Gasteiger partial charge >= 0.3 is 0 Å². The van der Waals surface area contributed by atoms with Crippen molar-refractivity contribution in [3.63, 3.8) is 0 Å². The molecule has 64 valence electrons. The number of nitrogens with two attached hydrogens (primary N) is 1. The summed E-state index contributed by atoms with van der Waals surface area (Å²) in [6, 6.07) is -0.417. The van der Waals surface area contributed by atoms with E-state index in [9.17, 15) is 9.59 Å². The lowest BCUT2D eigenvalue weighted by Crippen LogP contribution is -2.31. The third-order valence-corrected chi connectivity index (χ3v) is 2.33. The molecular weight excluding hydrogens is 162 g/mol. The zero-order valence-corrected chi connectivity index (χ0v) is 7.61. The van der Waals surface area contributed by atoms with Crippen LogP contribution in [0, 0.1) is 0 Å². The highest BCUT2D eigenvalue weighted by Gasteiger charge is 2.07. The van der Waals surface area contributed by atoms with E-state index in [1.807, 2.05) is 0 Å². The van der Waals surface area contributed by atoms with Crippen molar-refractivity contribution in [1.29, 1.82) is 0 Å². The Morgan fingerprint density at radius 3 is 2.36 bits per heavy atom. The fraction of sp³-hybridized carbons (Fsp3) is 0.714. The van der Waals surface area contributed by atoms with E-state index in [4.69, 9.17) is 5.73 Å². The predicted molar refractivity (Wildman–Crippen MR) is 46.7 cm³/mol. The first-order chi connectivity index (χ1) is 5.04. The molecule has 2 N–H and O–H groups in total. The van der Waals surface area contributed by atoms with Crippen molar-refractivity contribution >= 4 is 23.3 Å². The highest BCUT2D eigenvalue weighted by Crippen LogP contribution is 2.01. The first-order valence-corrected chi connectivity index (χ1v) is 4.52. The molecule has 0 aliphatic rings. The Labute approximate surface area is 70.7 Å². The van der Waals surface area contributed by atoms with Crippen molar-refractivity contribution < 1.29 is 9.59 Å². The van der Waals surface area contributed by atoms with E-state index in [-0.39, 0.29) is 11.6 Å². The molecular formula is C7H13NO2S. The maximum Gasteiger partial charge on any atom is 0.147 e. The summed E-state index contributed by atoms with van der Waals surface area (Å²) in [7, 11) is 0. The van der Waals surface area contributed by atoms with Gasteiger partial charge in [0, 0.05) is 5.75 Å². The van der Waals surface area contributed by atoms with Crippen molar-refractivity contribution in [2.75, 3.05) is 11.5 Å². The minimum Gasteiger partial charge on any atom is -0.321 e. The van der Waals surface area contributed by atoms with Gasteiger partial charge in [-0.25, -0.2) is 0 Å². The minimum absolute atomic E-state index is 0.0268. The molecule has 0 aliphatic carbocycles. The van der Waals surface area contributed by atoms with Crippen molar-refractivity contribution in [2.45, 2.75) is 19.9 Å². The Morgan fingerprint density at radius 1 is 1.45 bits per heavy atom. The smallest absolute Gasteiger partial charge is 0.147 e. The van der Waals surface area contributed by atoms with Crippen LogP contribution in [0.1, 0.15) is 13.8 Å². The van der Waals surface area contributed by atoms with E-state index in [2.05, 4.69) is 0 Å². The van der Waals surface area contributed by atoms with Crippen molar-refractivity contribution in [3.05, 3.63) is 0 Å². The van der Waals surface area contributed by atoms with Gasteiger partial charge in [-0.15, -0.1) is 0 Å². The van der Waals surface area contributed by atoms with Gasteiger partial charge in [-0.1, -0.05) is 0 Å². The van der Waals surface area contributed by atoms with Crippen molar-refractivity contribution in [3.8, 4) is 0 Å². The highest BCUT2D eigenvalue weighted by molar-refractivity contribution is 8.00. The molecule has 1 unspecified atom stereocenters. The summed E-state index contributed by atoms with van der Waals surface area (Å²) < 4.78 is 0. The number of carbonyl (C=O) groups excluding carboxylic acids is 2. The minimum atomic E-state index is -0.417. The zero-order valence-electron chi connectivity index (χ0n) is 6.79. The second-order valence-corrected chi connectivity index (χ2v) is 3.46. The van der Waals surface area contributed by atoms with Gasteiger partial charge in [0.25, 0.3) is 0 Å². The Bertz CT molecular complexity index is 159. The molecule has 0 rings (SSSR count). The van der Waals surface area contributed by atoms with Crippen LogP contribution in [-0.4, -0.2) is 29.1 Å². The molecule has 0 radical (unpaired) electrons. The van der Waals surface area contributed by atoms with E-state index in [1.54, 1.807) is 0 Å². The van der Waals surface area contributed by atoms with E-state index in [0.29, 0.717) is 11.5 Å². The first-order valence-electron chi connectivity index (χ1n) is 3.37. The third-order valence-electron chi connectivity index (χ3n) is 1.12. The van der Waals surface area contributed by atoms with Gasteiger partial charge in [0.15, 0.2) is 0 Å². The molecule has 0 saturated carbocycles. The average molecular weight is 175 g/mol. The Hall–Kier alpha value is -0.350. The van der Waals surface area contributed by atoms with Crippen LogP contribution >= 0.6 is 11.8 Å². The molecule has 0 fully saturated rings. The van der Waals surface area contributed by atoms with Crippen LogP contribution in [0.25, 0.3) is 0 Å². The first kappa shape index (κ1) is 10.7. The fourth-order valence-electron chi connectivity index (χ4n) is 0.447. The van der Waals surface area contributed by atoms with Crippen LogP contribution in [0.5, 0.6) is 0 Å². The molecule has 0 aromatic rings. The van der Waals surface area contributed by atoms with Crippen LogP contribution in [-0.2, 0) is 9.59 Å². The Kier molecular flexibility index (Phi) is 5.15. The summed E-state index contributed by atoms with van der Waals surface area (Å²) in [5.74, 6) is 1.07. The number of Topliss-reactive ketones (excluding diaryl/α,β-unsaturated/α-hetero) is 2. The number of hydrogen-bond acceptors (Lipinski definition) is 4. The van der Waals surface area contributed by atoms with Gasteiger partial charge in [0.2, 0.25) is 0 Å². The molecule has 0 aliphatic heterocycles. The van der Waals surface area contributed by atoms with Crippen molar-refractivity contribution in [1.82, 2.24) is 0 Å². The lowest BCUT2D eigenvalue weighted by molar-refractivity contribution is -0.118. The molecule has 0 aromatic carbocycles. The second-order valence-electron chi connectivity index (χ2n) is 2.43. The van der Waals surface area contributed by atoms with Crippen LogP contribution in [0.2, 0.25) is 0 Å². The van der Waals surface area contributed by atoms with Crippen LogP contribution in [0.4, 0.5) is 0 Å². The van der Waals surface area contributed by atoms with Gasteiger partial charge in [-0.2, -0.15) is 11.8 Å². The molecule has 0 heterocycles. The van der Waals surface area contributed by atoms with Gasteiger partial charge in [-0.3, -0.25) is 9.59 Å². The molecule has 0 bridgehead atoms. The van der Waals surface area contributed by atoms with E-state index in [1.165, 1.54) is 25.6 Å². The van der Waals surface area contributed by atoms with E-state index >= 15 is 0 Å². The number of rotatable bonds is 5. The monoisotopic (exact) mass is 175 g/mol. The van der Waals surface area contributed by atoms with Crippen LogP contribution in [0.3, 0.4) is 0 Å². The largest absolute Gasteiger partial charge is 0.321 e. The number of ketones is 2. The number of hydrogen-bond donors (Lipinski definition) is 1. The Balaban J connectivity index is 3.39. The molecule has 3 nitrogen and oxygen atoms in total. The van der Waals surface area contributed by atoms with Crippen LogP contribution in [0.15, 0.2) is 0 Å². The third kappa shape index (κ3) is 6.06. The quantitative estimate of drug-likeness (QED) is 0.649. The molecule has 4 heteroatoms. The molecule has 1 atom stereocenters. The Morgan fingerprint density at radius 2 is 2.00 bits per heavy atom. The van der Waals surface area contributed by atoms with Gasteiger partial charge < -0.3 is 5.73 Å². The maximum absolute atomic E-state index is 10.6. The topological polar surface area (TPSA) is 60.2 Å². The average Bonchev–Trinajstić information content (AvgIpc) is 1.86. The summed E-state index contributed by atoms with van der Waals surface area (Å²) in [6.45, 7) is 2.98. The summed E-state index contributed by atoms with van der Waals surface area (Å²) >= 11 is 1.40. The maximum atomic E-state index is 10.6. The lowest BCUT2D eigenvalue weighted by Gasteiger charge is -2.04. The number of carbonyl (C=O) groups is 2. The SMILES string of the molecule is CC(=O)CSCC(N)C(C)=O. The molecule has 0 saturated heterocycles. The van der Waals surface area contributed by atoms with Gasteiger partial charge in [0.1, 0.15) is 11.6 Å². The summed E-state index contributed by atoms with van der Waals surface area (Å²) in [4.78, 5) is 21.0. The summed E-state index contributed by atoms with van der Waals surface area (Å²) in [5, 5.41) is 0. The highest BCUT2D eigenvalue weighted by atomic mass is 32.2. The van der Waals surface area contributed by atoms with Gasteiger partial charge in [-0.05, 0) is 13.8 Å². The van der Waals surface area contributed by atoms with Gasteiger partial charge in [0.05, 0.1) is 11.8 Å². The van der Waals surface area contributed by atoms with Crippen LogP contribution < -0.4 is 5.73 Å². The number of thioether (sulfide) groups is 1. The summed E-state index contributed by atoms with van der Waals surface area (Å²) in [6.07, 6.45) is 0. The standard InChI is InChI=1S/C7H13NO2S/c1-5(9)3-11-4-7(8)6(2)10/h7H,3-4,8H2,1-2H3.